The highest BCUT2D eigenvalue weighted by atomic mass is 79.9. The zero-order valence-corrected chi connectivity index (χ0v) is 20.5. The first kappa shape index (κ1) is 23.1. The van der Waals surface area contributed by atoms with Crippen molar-refractivity contribution in [2.24, 2.45) is 0 Å². The van der Waals surface area contributed by atoms with Crippen LogP contribution in [-0.4, -0.2) is 31.7 Å². The first-order chi connectivity index (χ1) is 12.4. The Hall–Kier alpha value is -0.203. The Morgan fingerprint density at radius 3 is 2.52 bits per heavy atom. The van der Waals surface area contributed by atoms with Crippen molar-refractivity contribution in [3.05, 3.63) is 34.3 Å². The third kappa shape index (κ3) is 6.67. The van der Waals surface area contributed by atoms with Gasteiger partial charge in [0, 0.05) is 23.0 Å². The first-order valence-corrected chi connectivity index (χ1v) is 14.0. The molecule has 27 heavy (non-hydrogen) atoms. The average molecular weight is 457 g/mol. The van der Waals surface area contributed by atoms with Crippen LogP contribution >= 0.6 is 15.9 Å². The maximum absolute atomic E-state index is 11.2. The molecule has 1 saturated carbocycles. The van der Waals surface area contributed by atoms with Crippen molar-refractivity contribution in [3.63, 3.8) is 0 Å². The van der Waals surface area contributed by atoms with Crippen LogP contribution in [-0.2, 0) is 4.43 Å². The molecule has 0 aliphatic heterocycles. The van der Waals surface area contributed by atoms with Crippen LogP contribution in [0.15, 0.2) is 28.7 Å². The smallest absolute Gasteiger partial charge is 0.192 e. The van der Waals surface area contributed by atoms with Crippen LogP contribution in [0.4, 0.5) is 0 Å². The highest BCUT2D eigenvalue weighted by molar-refractivity contribution is 9.10. The second kappa shape index (κ2) is 9.08. The molecule has 0 heterocycles. The van der Waals surface area contributed by atoms with Gasteiger partial charge in [-0.2, -0.15) is 0 Å². The second-order valence-corrected chi connectivity index (χ2v) is 15.5. The molecule has 1 fully saturated rings. The number of nitrogens with one attached hydrogen (secondary N) is 1. The Balaban J connectivity index is 1.85. The third-order valence-electron chi connectivity index (χ3n) is 6.45. The van der Waals surface area contributed by atoms with E-state index in [4.69, 9.17) is 4.43 Å². The third-order valence-corrected chi connectivity index (χ3v) is 11.5. The van der Waals surface area contributed by atoms with Gasteiger partial charge < -0.3 is 14.8 Å². The van der Waals surface area contributed by atoms with E-state index in [-0.39, 0.29) is 17.2 Å². The van der Waals surface area contributed by atoms with Gasteiger partial charge in [-0.25, -0.2) is 0 Å². The monoisotopic (exact) mass is 455 g/mol. The molecule has 0 radical (unpaired) electrons. The van der Waals surface area contributed by atoms with Crippen molar-refractivity contribution in [3.8, 4) is 0 Å². The van der Waals surface area contributed by atoms with E-state index in [0.717, 1.165) is 43.1 Å². The molecule has 0 bridgehead atoms. The predicted octanol–water partition coefficient (Wildman–Crippen LogP) is 6.19. The highest BCUT2D eigenvalue weighted by Gasteiger charge is 2.42. The van der Waals surface area contributed by atoms with Crippen molar-refractivity contribution >= 4 is 24.2 Å². The Kier molecular flexibility index (Phi) is 7.76. The first-order valence-electron chi connectivity index (χ1n) is 10.3. The molecule has 5 heteroatoms. The molecule has 2 rings (SSSR count). The van der Waals surface area contributed by atoms with Gasteiger partial charge in [-0.1, -0.05) is 48.8 Å². The summed E-state index contributed by atoms with van der Waals surface area (Å²) in [6.07, 6.45) is 4.78. The quantitative estimate of drug-likeness (QED) is 0.481. The van der Waals surface area contributed by atoms with E-state index in [1.54, 1.807) is 0 Å². The molecule has 1 aliphatic rings. The minimum atomic E-state index is -1.78. The molecular formula is C22H38BrNO2Si. The minimum Gasteiger partial charge on any atom is -0.414 e. The number of rotatable bonds is 7. The zero-order valence-electron chi connectivity index (χ0n) is 17.9. The fourth-order valence-electron chi connectivity index (χ4n) is 3.60. The summed E-state index contributed by atoms with van der Waals surface area (Å²) in [5.41, 5.74) is 0.672. The molecule has 0 spiro atoms. The fraction of sp³-hybridized carbons (Fsp3) is 0.727. The van der Waals surface area contributed by atoms with E-state index in [1.807, 2.05) is 0 Å². The molecule has 0 aromatic heterocycles. The lowest BCUT2D eigenvalue weighted by atomic mass is 9.81. The Labute approximate surface area is 175 Å². The minimum absolute atomic E-state index is 0.202. The Morgan fingerprint density at radius 2 is 1.93 bits per heavy atom. The summed E-state index contributed by atoms with van der Waals surface area (Å²) >= 11 is 3.48. The van der Waals surface area contributed by atoms with Gasteiger partial charge in [0.1, 0.15) is 0 Å². The van der Waals surface area contributed by atoms with Crippen LogP contribution < -0.4 is 5.32 Å². The lowest BCUT2D eigenvalue weighted by Crippen LogP contribution is -2.48. The van der Waals surface area contributed by atoms with Crippen molar-refractivity contribution in [2.45, 2.75) is 95.7 Å². The molecule has 0 amide bonds. The fourth-order valence-corrected chi connectivity index (χ4v) is 5.25. The summed E-state index contributed by atoms with van der Waals surface area (Å²) in [5, 5.41) is 14.9. The van der Waals surface area contributed by atoms with Crippen LogP contribution in [0.1, 0.15) is 71.4 Å². The van der Waals surface area contributed by atoms with Crippen molar-refractivity contribution in [1.29, 1.82) is 0 Å². The Bertz CT molecular complexity index is 599. The molecule has 0 saturated heterocycles. The maximum Gasteiger partial charge on any atom is 0.192 e. The topological polar surface area (TPSA) is 41.5 Å². The molecular weight excluding hydrogens is 418 g/mol. The van der Waals surface area contributed by atoms with Crippen molar-refractivity contribution in [2.75, 3.05) is 6.54 Å². The van der Waals surface area contributed by atoms with Gasteiger partial charge in [0.15, 0.2) is 8.32 Å². The lowest BCUT2D eigenvalue weighted by molar-refractivity contribution is -0.0464. The van der Waals surface area contributed by atoms with Crippen molar-refractivity contribution < 1.29 is 9.53 Å². The summed E-state index contributed by atoms with van der Waals surface area (Å²) in [7, 11) is -1.78. The standard InChI is InChI=1S/C22H38BrNO2Si/c1-17(18-9-11-19(23)12-10-18)24-15-14-22(25)13-7-8-20(16-22)26-27(5,6)21(2,3)4/h9-12,17,20,24-25H,7-8,13-16H2,1-6H3/t17-,20?,22?/m0/s1. The van der Waals surface area contributed by atoms with Crippen LogP contribution in [0.3, 0.4) is 0 Å². The van der Waals surface area contributed by atoms with Crippen LogP contribution in [0, 0.1) is 0 Å². The maximum atomic E-state index is 11.2. The van der Waals surface area contributed by atoms with Crippen LogP contribution in [0.2, 0.25) is 18.1 Å². The van der Waals surface area contributed by atoms with E-state index in [1.165, 1.54) is 5.56 Å². The van der Waals surface area contributed by atoms with E-state index in [2.05, 4.69) is 86.3 Å². The number of hydrogen-bond donors (Lipinski definition) is 2. The van der Waals surface area contributed by atoms with Crippen LogP contribution in [0.25, 0.3) is 0 Å². The zero-order chi connectivity index (χ0) is 20.3. The van der Waals surface area contributed by atoms with Gasteiger partial charge in [0.05, 0.1) is 5.60 Å². The molecule has 1 aromatic rings. The number of halogens is 1. The number of hydrogen-bond acceptors (Lipinski definition) is 3. The largest absolute Gasteiger partial charge is 0.414 e. The lowest BCUT2D eigenvalue weighted by Gasteiger charge is -2.44. The van der Waals surface area contributed by atoms with E-state index >= 15 is 0 Å². The summed E-state index contributed by atoms with van der Waals surface area (Å²) in [5.74, 6) is 0. The Morgan fingerprint density at radius 1 is 1.30 bits per heavy atom. The van der Waals surface area contributed by atoms with Gasteiger partial charge in [-0.15, -0.1) is 0 Å². The van der Waals surface area contributed by atoms with Crippen LogP contribution in [0.5, 0.6) is 0 Å². The number of benzene rings is 1. The van der Waals surface area contributed by atoms with Gasteiger partial charge in [0.25, 0.3) is 0 Å². The molecule has 154 valence electrons. The van der Waals surface area contributed by atoms with Gasteiger partial charge in [0.2, 0.25) is 0 Å². The van der Waals surface area contributed by atoms with Gasteiger partial charge in [-0.05, 0) is 75.0 Å². The normalized spacial score (nSPS) is 25.4. The molecule has 1 aliphatic carbocycles. The second-order valence-electron chi connectivity index (χ2n) is 9.80. The van der Waals surface area contributed by atoms with E-state index in [0.29, 0.717) is 0 Å². The predicted molar refractivity (Wildman–Crippen MR) is 121 cm³/mol. The summed E-state index contributed by atoms with van der Waals surface area (Å²) in [4.78, 5) is 0. The van der Waals surface area contributed by atoms with Crippen molar-refractivity contribution in [1.82, 2.24) is 5.32 Å². The summed E-state index contributed by atoms with van der Waals surface area (Å²) in [6, 6.07) is 8.71. The molecule has 3 nitrogen and oxygen atoms in total. The SMILES string of the molecule is C[C@H](NCCC1(O)CCCC(O[Si](C)(C)C(C)(C)C)C1)c1ccc(Br)cc1. The summed E-state index contributed by atoms with van der Waals surface area (Å²) in [6.45, 7) is 14.5. The number of aliphatic hydroxyl groups is 1. The van der Waals surface area contributed by atoms with Gasteiger partial charge >= 0.3 is 0 Å². The highest BCUT2D eigenvalue weighted by Crippen LogP contribution is 2.41. The molecule has 2 unspecified atom stereocenters. The van der Waals surface area contributed by atoms with E-state index < -0.39 is 13.9 Å². The molecule has 3 atom stereocenters. The summed E-state index contributed by atoms with van der Waals surface area (Å²) < 4.78 is 7.70. The molecule has 2 N–H and O–H groups in total. The van der Waals surface area contributed by atoms with E-state index in [9.17, 15) is 5.11 Å². The molecule has 1 aromatic carbocycles. The average Bonchev–Trinajstić information content (AvgIpc) is 2.53. The van der Waals surface area contributed by atoms with Gasteiger partial charge in [-0.3, -0.25) is 0 Å².